The van der Waals surface area contributed by atoms with Gasteiger partial charge >= 0.3 is 0 Å². The molecule has 0 saturated heterocycles. The minimum Gasteiger partial charge on any atom is -0.294 e. The highest BCUT2D eigenvalue weighted by molar-refractivity contribution is 9.10. The van der Waals surface area contributed by atoms with Crippen LogP contribution in [0.4, 0.5) is 4.39 Å². The second kappa shape index (κ2) is 5.93. The third kappa shape index (κ3) is 2.91. The molecule has 6 nitrogen and oxygen atoms in total. The van der Waals surface area contributed by atoms with Crippen molar-refractivity contribution in [3.63, 3.8) is 0 Å². The number of nitrogens with zero attached hydrogens (tertiary/aromatic N) is 2. The molecule has 2 aromatic rings. The SMILES string of the molecule is NNC(=O)c1ccc(F)c(Cn2cncc(Br)c2=O)c1. The van der Waals surface area contributed by atoms with Crippen LogP contribution < -0.4 is 16.8 Å². The van der Waals surface area contributed by atoms with Gasteiger partial charge in [0.15, 0.2) is 0 Å². The molecule has 104 valence electrons. The van der Waals surface area contributed by atoms with Crippen molar-refractivity contribution in [1.82, 2.24) is 15.0 Å². The molecule has 8 heteroatoms. The van der Waals surface area contributed by atoms with E-state index in [1.54, 1.807) is 0 Å². The van der Waals surface area contributed by atoms with E-state index in [0.29, 0.717) is 0 Å². The highest BCUT2D eigenvalue weighted by atomic mass is 79.9. The smallest absolute Gasteiger partial charge is 0.267 e. The first-order valence-corrected chi connectivity index (χ1v) is 6.31. The molecule has 1 heterocycles. The van der Waals surface area contributed by atoms with Crippen molar-refractivity contribution < 1.29 is 9.18 Å². The van der Waals surface area contributed by atoms with Gasteiger partial charge in [0.05, 0.1) is 12.9 Å². The highest BCUT2D eigenvalue weighted by Gasteiger charge is 2.10. The number of carbonyl (C=O) groups is 1. The highest BCUT2D eigenvalue weighted by Crippen LogP contribution is 2.12. The van der Waals surface area contributed by atoms with E-state index in [1.165, 1.54) is 29.2 Å². The average molecular weight is 341 g/mol. The van der Waals surface area contributed by atoms with Crippen LogP contribution in [0.3, 0.4) is 0 Å². The molecule has 3 N–H and O–H groups in total. The number of rotatable bonds is 3. The van der Waals surface area contributed by atoms with Crippen LogP contribution in [0.25, 0.3) is 0 Å². The number of nitrogens with two attached hydrogens (primary N) is 1. The average Bonchev–Trinajstić information content (AvgIpc) is 2.45. The third-order valence-electron chi connectivity index (χ3n) is 2.64. The molecule has 2 rings (SSSR count). The van der Waals surface area contributed by atoms with Gasteiger partial charge in [0.25, 0.3) is 11.5 Å². The van der Waals surface area contributed by atoms with E-state index in [-0.39, 0.29) is 27.7 Å². The quantitative estimate of drug-likeness (QED) is 0.491. The molecule has 0 saturated carbocycles. The van der Waals surface area contributed by atoms with Gasteiger partial charge in [-0.1, -0.05) is 0 Å². The molecule has 0 unspecified atom stereocenters. The van der Waals surface area contributed by atoms with E-state index in [4.69, 9.17) is 5.84 Å². The maximum absolute atomic E-state index is 13.7. The van der Waals surface area contributed by atoms with E-state index in [2.05, 4.69) is 20.9 Å². The number of nitrogen functional groups attached to an aromatic ring is 1. The molecule has 0 bridgehead atoms. The molecule has 0 aliphatic carbocycles. The first-order valence-electron chi connectivity index (χ1n) is 5.52. The number of hydrogen-bond donors (Lipinski definition) is 2. The van der Waals surface area contributed by atoms with Crippen molar-refractivity contribution in [3.8, 4) is 0 Å². The minimum atomic E-state index is -0.536. The molecule has 0 fully saturated rings. The van der Waals surface area contributed by atoms with E-state index in [1.807, 2.05) is 5.43 Å². The molecule has 1 amide bonds. The summed E-state index contributed by atoms with van der Waals surface area (Å²) in [6, 6.07) is 3.80. The van der Waals surface area contributed by atoms with Crippen molar-refractivity contribution >= 4 is 21.8 Å². The van der Waals surface area contributed by atoms with Crippen LogP contribution in [-0.4, -0.2) is 15.5 Å². The topological polar surface area (TPSA) is 90.0 Å². The Morgan fingerprint density at radius 1 is 1.50 bits per heavy atom. The number of hydrazine groups is 1. The van der Waals surface area contributed by atoms with Gasteiger partial charge in [-0.05, 0) is 34.1 Å². The van der Waals surface area contributed by atoms with Gasteiger partial charge < -0.3 is 0 Å². The number of benzene rings is 1. The van der Waals surface area contributed by atoms with E-state index in [0.717, 1.165) is 6.07 Å². The molecule has 1 aromatic carbocycles. The second-order valence-corrected chi connectivity index (χ2v) is 4.81. The van der Waals surface area contributed by atoms with Gasteiger partial charge in [0.1, 0.15) is 10.3 Å². The Morgan fingerprint density at radius 2 is 2.25 bits per heavy atom. The summed E-state index contributed by atoms with van der Waals surface area (Å²) in [5.74, 6) is 3.97. The molecular weight excluding hydrogens is 331 g/mol. The zero-order chi connectivity index (χ0) is 14.7. The van der Waals surface area contributed by atoms with Crippen LogP contribution in [0.5, 0.6) is 0 Å². The Balaban J connectivity index is 2.40. The fraction of sp³-hybridized carbons (Fsp3) is 0.0833. The van der Waals surface area contributed by atoms with Gasteiger partial charge in [0.2, 0.25) is 0 Å². The van der Waals surface area contributed by atoms with Crippen LogP contribution in [0.15, 0.2) is 40.0 Å². The lowest BCUT2D eigenvalue weighted by Crippen LogP contribution is -2.30. The van der Waals surface area contributed by atoms with E-state index < -0.39 is 11.7 Å². The summed E-state index contributed by atoms with van der Waals surface area (Å²) in [6.45, 7) is -0.0389. The summed E-state index contributed by atoms with van der Waals surface area (Å²) in [4.78, 5) is 27.1. The van der Waals surface area contributed by atoms with Gasteiger partial charge in [-0.25, -0.2) is 15.2 Å². The normalized spacial score (nSPS) is 10.3. The standard InChI is InChI=1S/C12H10BrFN4O2/c13-9-4-16-6-18(12(9)20)5-8-3-7(11(19)17-15)1-2-10(8)14/h1-4,6H,5,15H2,(H,17,19). The Hall–Kier alpha value is -2.06. The second-order valence-electron chi connectivity index (χ2n) is 3.95. The van der Waals surface area contributed by atoms with Crippen molar-refractivity contribution in [2.75, 3.05) is 0 Å². The summed E-state index contributed by atoms with van der Waals surface area (Å²) in [5, 5.41) is 0. The van der Waals surface area contributed by atoms with Crippen molar-refractivity contribution in [1.29, 1.82) is 0 Å². The maximum Gasteiger partial charge on any atom is 0.267 e. The number of hydrogen-bond acceptors (Lipinski definition) is 4. The lowest BCUT2D eigenvalue weighted by atomic mass is 10.1. The summed E-state index contributed by atoms with van der Waals surface area (Å²) in [7, 11) is 0. The fourth-order valence-electron chi connectivity index (χ4n) is 1.64. The number of carbonyl (C=O) groups excluding carboxylic acids is 1. The largest absolute Gasteiger partial charge is 0.294 e. The lowest BCUT2D eigenvalue weighted by molar-refractivity contribution is 0.0953. The van der Waals surface area contributed by atoms with Crippen LogP contribution in [0.2, 0.25) is 0 Å². The third-order valence-corrected chi connectivity index (χ3v) is 3.18. The molecule has 20 heavy (non-hydrogen) atoms. The number of nitrogens with one attached hydrogen (secondary N) is 1. The molecule has 0 atom stereocenters. The Morgan fingerprint density at radius 3 is 2.95 bits per heavy atom. The fourth-order valence-corrected chi connectivity index (χ4v) is 1.99. The maximum atomic E-state index is 13.7. The van der Waals surface area contributed by atoms with Crippen LogP contribution in [-0.2, 0) is 6.54 Å². The zero-order valence-corrected chi connectivity index (χ0v) is 11.7. The number of aromatic nitrogens is 2. The lowest BCUT2D eigenvalue weighted by Gasteiger charge is -2.08. The minimum absolute atomic E-state index is 0.0389. The first kappa shape index (κ1) is 14.4. The summed E-state index contributed by atoms with van der Waals surface area (Å²) in [5.41, 5.74) is 2.02. The predicted octanol–water partition coefficient (Wildman–Crippen LogP) is 0.797. The van der Waals surface area contributed by atoms with Gasteiger partial charge in [-0.3, -0.25) is 19.6 Å². The molecule has 1 aromatic heterocycles. The predicted molar refractivity (Wildman–Crippen MR) is 73.4 cm³/mol. The van der Waals surface area contributed by atoms with E-state index in [9.17, 15) is 14.0 Å². The van der Waals surface area contributed by atoms with E-state index >= 15 is 0 Å². The van der Waals surface area contributed by atoms with Crippen LogP contribution in [0, 0.1) is 5.82 Å². The molecule has 0 radical (unpaired) electrons. The number of halogens is 2. The summed E-state index contributed by atoms with van der Waals surface area (Å²) in [6.07, 6.45) is 2.65. The van der Waals surface area contributed by atoms with Crippen molar-refractivity contribution in [2.45, 2.75) is 6.54 Å². The summed E-state index contributed by atoms with van der Waals surface area (Å²) < 4.78 is 15.2. The van der Waals surface area contributed by atoms with Gasteiger partial charge in [-0.2, -0.15) is 0 Å². The van der Waals surface area contributed by atoms with Gasteiger partial charge in [0, 0.05) is 17.3 Å². The summed E-state index contributed by atoms with van der Waals surface area (Å²) >= 11 is 3.06. The first-order chi connectivity index (χ1) is 9.52. The molecule has 0 spiro atoms. The zero-order valence-electron chi connectivity index (χ0n) is 10.1. The molecular formula is C12H10BrFN4O2. The molecule has 0 aliphatic rings. The Kier molecular flexibility index (Phi) is 4.26. The number of amides is 1. The van der Waals surface area contributed by atoms with Gasteiger partial charge in [-0.15, -0.1) is 0 Å². The Bertz CT molecular complexity index is 717. The Labute approximate surface area is 121 Å². The van der Waals surface area contributed by atoms with Crippen LogP contribution in [0.1, 0.15) is 15.9 Å². The van der Waals surface area contributed by atoms with Crippen molar-refractivity contribution in [3.05, 3.63) is 62.5 Å². The monoisotopic (exact) mass is 340 g/mol. The molecule has 0 aliphatic heterocycles. The van der Waals surface area contributed by atoms with Crippen molar-refractivity contribution in [2.24, 2.45) is 5.84 Å². The van der Waals surface area contributed by atoms with Crippen LogP contribution >= 0.6 is 15.9 Å².